The highest BCUT2D eigenvalue weighted by Crippen LogP contribution is 2.25. The van der Waals surface area contributed by atoms with Crippen LogP contribution in [0.3, 0.4) is 0 Å². The molecule has 2 aromatic rings. The number of piperidine rings is 1. The molecule has 1 fully saturated rings. The average Bonchev–Trinajstić information content (AvgIpc) is 3.22. The lowest BCUT2D eigenvalue weighted by atomic mass is 10.0. The normalized spacial score (nSPS) is 18.5. The molecule has 1 saturated heterocycles. The summed E-state index contributed by atoms with van der Waals surface area (Å²) in [6, 6.07) is 9.58. The Bertz CT molecular complexity index is 972. The van der Waals surface area contributed by atoms with Gasteiger partial charge in [-0.25, -0.2) is 8.42 Å². The fourth-order valence-electron chi connectivity index (χ4n) is 3.58. The summed E-state index contributed by atoms with van der Waals surface area (Å²) in [5, 5.41) is 7.47. The van der Waals surface area contributed by atoms with Crippen molar-refractivity contribution >= 4 is 38.9 Å². The first-order valence-corrected chi connectivity index (χ1v) is 12.3. The van der Waals surface area contributed by atoms with Gasteiger partial charge in [0, 0.05) is 30.6 Å². The third-order valence-electron chi connectivity index (χ3n) is 5.05. The number of rotatable bonds is 7. The van der Waals surface area contributed by atoms with E-state index in [1.165, 1.54) is 34.7 Å². The molecule has 1 aromatic heterocycles. The van der Waals surface area contributed by atoms with Gasteiger partial charge in [-0.15, -0.1) is 11.3 Å². The molecule has 1 aromatic carbocycles. The Morgan fingerprint density at radius 2 is 1.97 bits per heavy atom. The highest BCUT2D eigenvalue weighted by molar-refractivity contribution is 7.89. The maximum Gasteiger partial charge on any atom is 0.243 e. The summed E-state index contributed by atoms with van der Waals surface area (Å²) in [4.78, 5) is 25.1. The topological polar surface area (TPSA) is 95.6 Å². The van der Waals surface area contributed by atoms with E-state index in [9.17, 15) is 18.0 Å². The Balaban J connectivity index is 1.64. The highest BCUT2D eigenvalue weighted by Gasteiger charge is 2.28. The van der Waals surface area contributed by atoms with Crippen molar-refractivity contribution < 1.29 is 18.0 Å². The van der Waals surface area contributed by atoms with Crippen LogP contribution in [0.1, 0.15) is 44.0 Å². The van der Waals surface area contributed by atoms with Crippen LogP contribution in [0.25, 0.3) is 0 Å². The Morgan fingerprint density at radius 1 is 1.23 bits per heavy atom. The molecule has 9 heteroatoms. The van der Waals surface area contributed by atoms with Gasteiger partial charge in [0.2, 0.25) is 21.8 Å². The molecular formula is C21H27N3O4S2. The minimum atomic E-state index is -3.53. The molecule has 0 radical (unpaired) electrons. The van der Waals surface area contributed by atoms with Gasteiger partial charge < -0.3 is 10.6 Å². The van der Waals surface area contributed by atoms with E-state index in [-0.39, 0.29) is 23.1 Å². The maximum atomic E-state index is 12.8. The second kappa shape index (κ2) is 9.72. The van der Waals surface area contributed by atoms with Crippen LogP contribution in [-0.4, -0.2) is 37.6 Å². The lowest BCUT2D eigenvalue weighted by Crippen LogP contribution is -2.39. The molecule has 0 saturated carbocycles. The number of amides is 2. The molecule has 0 unspecified atom stereocenters. The summed E-state index contributed by atoms with van der Waals surface area (Å²) >= 11 is 1.47. The molecule has 3 rings (SSSR count). The summed E-state index contributed by atoms with van der Waals surface area (Å²) in [5.74, 6) is -0.114. The standard InChI is InChI=1S/C21H27N3O4S2/c1-15-5-3-11-24(14-15)30(27,28)18-9-7-17(8-10-18)23-21(26)13-19(22-16(2)25)20-6-4-12-29-20/h4,6-10,12,15,19H,3,5,11,13-14H2,1-2H3,(H,22,25)(H,23,26)/t15-,19-/m1/s1. The average molecular weight is 450 g/mol. The van der Waals surface area contributed by atoms with Crippen LogP contribution >= 0.6 is 11.3 Å². The SMILES string of the molecule is CC(=O)N[C@H](CC(=O)Nc1ccc(S(=O)(=O)N2CCC[C@@H](C)C2)cc1)c1cccs1. The Morgan fingerprint density at radius 3 is 2.57 bits per heavy atom. The van der Waals surface area contributed by atoms with Gasteiger partial charge in [0.05, 0.1) is 17.4 Å². The number of benzene rings is 1. The van der Waals surface area contributed by atoms with Crippen LogP contribution in [0, 0.1) is 5.92 Å². The summed E-state index contributed by atoms with van der Waals surface area (Å²) < 4.78 is 27.2. The number of carbonyl (C=O) groups excluding carboxylic acids is 2. The van der Waals surface area contributed by atoms with E-state index in [0.717, 1.165) is 17.7 Å². The van der Waals surface area contributed by atoms with Crippen molar-refractivity contribution in [1.29, 1.82) is 0 Å². The molecule has 162 valence electrons. The van der Waals surface area contributed by atoms with E-state index in [0.29, 0.717) is 24.7 Å². The Labute approximate surface area is 181 Å². The predicted molar refractivity (Wildman–Crippen MR) is 118 cm³/mol. The fraction of sp³-hybridized carbons (Fsp3) is 0.429. The van der Waals surface area contributed by atoms with Gasteiger partial charge in [-0.1, -0.05) is 13.0 Å². The molecule has 1 aliphatic heterocycles. The van der Waals surface area contributed by atoms with Crippen LogP contribution in [0.5, 0.6) is 0 Å². The lowest BCUT2D eigenvalue weighted by molar-refractivity contribution is -0.120. The molecule has 0 bridgehead atoms. The second-order valence-corrected chi connectivity index (χ2v) is 10.6. The molecule has 2 amide bonds. The smallest absolute Gasteiger partial charge is 0.243 e. The van der Waals surface area contributed by atoms with Gasteiger partial charge in [-0.05, 0) is 54.5 Å². The molecule has 2 N–H and O–H groups in total. The van der Waals surface area contributed by atoms with Gasteiger partial charge in [0.25, 0.3) is 0 Å². The molecule has 1 aliphatic rings. The number of nitrogens with zero attached hydrogens (tertiary/aromatic N) is 1. The quantitative estimate of drug-likeness (QED) is 0.677. The number of anilines is 1. The van der Waals surface area contributed by atoms with Gasteiger partial charge in [-0.3, -0.25) is 9.59 Å². The highest BCUT2D eigenvalue weighted by atomic mass is 32.2. The Kier molecular flexibility index (Phi) is 7.27. The van der Waals surface area contributed by atoms with Gasteiger partial charge in [-0.2, -0.15) is 4.31 Å². The van der Waals surface area contributed by atoms with Gasteiger partial charge in [0.1, 0.15) is 0 Å². The monoisotopic (exact) mass is 449 g/mol. The first-order valence-electron chi connectivity index (χ1n) is 9.96. The third-order valence-corrected chi connectivity index (χ3v) is 7.91. The fourth-order valence-corrected chi connectivity index (χ4v) is 5.96. The van der Waals surface area contributed by atoms with Crippen LogP contribution in [0.2, 0.25) is 0 Å². The number of nitrogens with one attached hydrogen (secondary N) is 2. The number of sulfonamides is 1. The molecule has 0 spiro atoms. The van der Waals surface area contributed by atoms with E-state index in [1.54, 1.807) is 12.1 Å². The zero-order valence-corrected chi connectivity index (χ0v) is 18.8. The van der Waals surface area contributed by atoms with Crippen molar-refractivity contribution in [2.75, 3.05) is 18.4 Å². The zero-order valence-electron chi connectivity index (χ0n) is 17.1. The van der Waals surface area contributed by atoms with Crippen LogP contribution < -0.4 is 10.6 Å². The van der Waals surface area contributed by atoms with Gasteiger partial charge in [0.15, 0.2) is 0 Å². The van der Waals surface area contributed by atoms with Crippen molar-refractivity contribution in [1.82, 2.24) is 9.62 Å². The van der Waals surface area contributed by atoms with Crippen molar-refractivity contribution in [2.45, 2.75) is 44.0 Å². The predicted octanol–water partition coefficient (Wildman–Crippen LogP) is 3.37. The van der Waals surface area contributed by atoms with Crippen molar-refractivity contribution in [3.8, 4) is 0 Å². The van der Waals surface area contributed by atoms with E-state index < -0.39 is 16.1 Å². The van der Waals surface area contributed by atoms with E-state index >= 15 is 0 Å². The van der Waals surface area contributed by atoms with E-state index in [4.69, 9.17) is 0 Å². The summed E-state index contributed by atoms with van der Waals surface area (Å²) in [6.07, 6.45) is 2.00. The van der Waals surface area contributed by atoms with Gasteiger partial charge >= 0.3 is 0 Å². The first kappa shape index (κ1) is 22.5. The molecule has 7 nitrogen and oxygen atoms in total. The minimum absolute atomic E-state index is 0.0891. The zero-order chi connectivity index (χ0) is 21.7. The number of thiophene rings is 1. The second-order valence-electron chi connectivity index (χ2n) is 7.66. The van der Waals surface area contributed by atoms with Crippen molar-refractivity contribution in [2.24, 2.45) is 5.92 Å². The van der Waals surface area contributed by atoms with Crippen LogP contribution in [-0.2, 0) is 19.6 Å². The summed E-state index contributed by atoms with van der Waals surface area (Å²) in [7, 11) is -3.53. The van der Waals surface area contributed by atoms with Crippen LogP contribution in [0.15, 0.2) is 46.7 Å². The maximum absolute atomic E-state index is 12.8. The first-order chi connectivity index (χ1) is 14.3. The van der Waals surface area contributed by atoms with Crippen LogP contribution in [0.4, 0.5) is 5.69 Å². The number of carbonyl (C=O) groups is 2. The molecule has 2 heterocycles. The van der Waals surface area contributed by atoms with E-state index in [2.05, 4.69) is 17.6 Å². The largest absolute Gasteiger partial charge is 0.348 e. The third kappa shape index (κ3) is 5.68. The number of hydrogen-bond donors (Lipinski definition) is 2. The lowest BCUT2D eigenvalue weighted by Gasteiger charge is -2.30. The van der Waals surface area contributed by atoms with Crippen molar-refractivity contribution in [3.05, 3.63) is 46.7 Å². The van der Waals surface area contributed by atoms with E-state index in [1.807, 2.05) is 17.5 Å². The van der Waals surface area contributed by atoms with Crippen molar-refractivity contribution in [3.63, 3.8) is 0 Å². The Hall–Kier alpha value is -2.23. The number of hydrogen-bond acceptors (Lipinski definition) is 5. The minimum Gasteiger partial charge on any atom is -0.348 e. The summed E-state index contributed by atoms with van der Waals surface area (Å²) in [6.45, 7) is 4.55. The molecule has 30 heavy (non-hydrogen) atoms. The molecule has 0 aliphatic carbocycles. The summed E-state index contributed by atoms with van der Waals surface area (Å²) in [5.41, 5.74) is 0.513. The molecular weight excluding hydrogens is 422 g/mol. The molecule has 2 atom stereocenters.